The van der Waals surface area contributed by atoms with Gasteiger partial charge in [-0.3, -0.25) is 9.59 Å². The van der Waals surface area contributed by atoms with Gasteiger partial charge in [0.05, 0.1) is 31.3 Å². The van der Waals surface area contributed by atoms with Gasteiger partial charge in [-0.2, -0.15) is 0 Å². The molecule has 0 aliphatic heterocycles. The van der Waals surface area contributed by atoms with Gasteiger partial charge in [0.2, 0.25) is 0 Å². The first kappa shape index (κ1) is 29.0. The van der Waals surface area contributed by atoms with E-state index in [4.69, 9.17) is 14.2 Å². The summed E-state index contributed by atoms with van der Waals surface area (Å²) in [7, 11) is 4.90. The molecule has 5 aliphatic carbocycles. The highest BCUT2D eigenvalue weighted by Crippen LogP contribution is 2.71. The molecule has 0 unspecified atom stereocenters. The summed E-state index contributed by atoms with van der Waals surface area (Å²) >= 11 is 0. The Morgan fingerprint density at radius 2 is 1.64 bits per heavy atom. The molecule has 0 aromatic heterocycles. The van der Waals surface area contributed by atoms with Crippen LogP contribution in [-0.4, -0.2) is 57.0 Å². The molecule has 1 N–H and O–H groups in total. The number of esters is 1. The molecule has 218 valence electrons. The average Bonchev–Trinajstić information content (AvgIpc) is 2.88. The maximum atomic E-state index is 14.5. The highest BCUT2D eigenvalue weighted by atomic mass is 16.5. The molecule has 6 heteroatoms. The number of carbonyl (C=O) groups is 2. The van der Waals surface area contributed by atoms with Crippen molar-refractivity contribution in [2.75, 3.05) is 27.9 Å². The molecule has 0 radical (unpaired) electrons. The van der Waals surface area contributed by atoms with Crippen molar-refractivity contribution in [2.45, 2.75) is 91.8 Å². The fourth-order valence-corrected chi connectivity index (χ4v) is 11.0. The van der Waals surface area contributed by atoms with Crippen LogP contribution in [0.25, 0.3) is 0 Å². The first-order chi connectivity index (χ1) is 18.2. The third-order valence-corrected chi connectivity index (χ3v) is 12.8. The maximum absolute atomic E-state index is 14.5. The molecule has 5 aliphatic rings. The number of ether oxygens (including phenoxy) is 3. The van der Waals surface area contributed by atoms with Crippen LogP contribution in [0.4, 0.5) is 0 Å². The van der Waals surface area contributed by atoms with Gasteiger partial charge in [-0.1, -0.05) is 46.8 Å². The number of hydrogen-bond acceptors (Lipinski definition) is 6. The Labute approximate surface area is 234 Å². The van der Waals surface area contributed by atoms with Crippen LogP contribution >= 0.6 is 0 Å². The Morgan fingerprint density at radius 3 is 2.23 bits per heavy atom. The lowest BCUT2D eigenvalue weighted by atomic mass is 9.37. The van der Waals surface area contributed by atoms with Gasteiger partial charge < -0.3 is 19.3 Å². The Morgan fingerprint density at radius 1 is 1.00 bits per heavy atom. The first-order valence-corrected chi connectivity index (χ1v) is 14.9. The number of fused-ring (bicyclic) bond motifs is 7. The maximum Gasteiger partial charge on any atom is 0.312 e. The van der Waals surface area contributed by atoms with Crippen molar-refractivity contribution in [3.8, 4) is 0 Å². The topological polar surface area (TPSA) is 82.1 Å². The van der Waals surface area contributed by atoms with Crippen LogP contribution in [0.5, 0.6) is 0 Å². The highest BCUT2D eigenvalue weighted by molar-refractivity contribution is 5.96. The number of rotatable bonds is 4. The standard InChI is InChI=1S/C33H50O6/c1-19-26(37-7)31(5,18-34)24-11-10-20-21(32(24,6)27(19)38-8)16-23(35)25-22-17-29(2,3)12-14-33(22,28(36)39-9)15-13-30(20,25)4/h16,20,22,24-27,34H,1,10-15,17-18H2,2-9H3/t20-,22+,24+,25+,26+,27-,30+,31-,32-,33+/m1/s1. The third-order valence-electron chi connectivity index (χ3n) is 12.8. The summed E-state index contributed by atoms with van der Waals surface area (Å²) in [6, 6.07) is 0. The van der Waals surface area contributed by atoms with Gasteiger partial charge in [0.1, 0.15) is 0 Å². The van der Waals surface area contributed by atoms with Crippen molar-refractivity contribution in [1.82, 2.24) is 0 Å². The molecule has 0 amide bonds. The zero-order valence-corrected chi connectivity index (χ0v) is 25.4. The van der Waals surface area contributed by atoms with Crippen LogP contribution in [0.1, 0.15) is 79.6 Å². The summed E-state index contributed by atoms with van der Waals surface area (Å²) in [4.78, 5) is 27.9. The quantitative estimate of drug-likeness (QED) is 0.372. The smallest absolute Gasteiger partial charge is 0.312 e. The van der Waals surface area contributed by atoms with Gasteiger partial charge in [-0.05, 0) is 85.2 Å². The molecular weight excluding hydrogens is 492 g/mol. The summed E-state index contributed by atoms with van der Waals surface area (Å²) in [5.41, 5.74) is 0.207. The molecule has 10 atom stereocenters. The summed E-state index contributed by atoms with van der Waals surface area (Å²) in [5.74, 6) is 0.0646. The molecule has 4 saturated carbocycles. The molecule has 6 nitrogen and oxygen atoms in total. The van der Waals surface area contributed by atoms with Crippen molar-refractivity contribution in [2.24, 2.45) is 50.7 Å². The van der Waals surface area contributed by atoms with Gasteiger partial charge in [0, 0.05) is 31.0 Å². The van der Waals surface area contributed by atoms with Crippen molar-refractivity contribution >= 4 is 11.8 Å². The molecule has 39 heavy (non-hydrogen) atoms. The van der Waals surface area contributed by atoms with Gasteiger partial charge >= 0.3 is 5.97 Å². The average molecular weight is 543 g/mol. The third kappa shape index (κ3) is 3.62. The van der Waals surface area contributed by atoms with Crippen molar-refractivity contribution < 1.29 is 28.9 Å². The number of hydrogen-bond donors (Lipinski definition) is 1. The number of ketones is 1. The van der Waals surface area contributed by atoms with Gasteiger partial charge in [-0.25, -0.2) is 0 Å². The van der Waals surface area contributed by atoms with E-state index >= 15 is 0 Å². The minimum absolute atomic E-state index is 0.0220. The van der Waals surface area contributed by atoms with Crippen LogP contribution in [-0.2, 0) is 23.8 Å². The fraction of sp³-hybridized carbons (Fsp3) is 0.818. The second-order valence-electron chi connectivity index (χ2n) is 15.0. The van der Waals surface area contributed by atoms with Crippen LogP contribution in [0.15, 0.2) is 23.8 Å². The largest absolute Gasteiger partial charge is 0.469 e. The number of aliphatic hydroxyl groups excluding tert-OH is 1. The second kappa shape index (κ2) is 9.25. The first-order valence-electron chi connectivity index (χ1n) is 14.9. The molecule has 0 heterocycles. The van der Waals surface area contributed by atoms with E-state index < -0.39 is 16.2 Å². The summed E-state index contributed by atoms with van der Waals surface area (Å²) in [6.45, 7) is 15.6. The minimum Gasteiger partial charge on any atom is -0.469 e. The molecule has 0 aromatic rings. The van der Waals surface area contributed by atoms with Crippen molar-refractivity contribution in [3.05, 3.63) is 23.8 Å². The lowest BCUT2D eigenvalue weighted by Crippen LogP contribution is -2.67. The Hall–Kier alpha value is -1.50. The van der Waals surface area contributed by atoms with E-state index in [0.29, 0.717) is 0 Å². The zero-order chi connectivity index (χ0) is 28.8. The number of carbonyl (C=O) groups excluding carboxylic acids is 2. The van der Waals surface area contributed by atoms with E-state index in [9.17, 15) is 14.7 Å². The van der Waals surface area contributed by atoms with Gasteiger partial charge in [0.25, 0.3) is 0 Å². The highest BCUT2D eigenvalue weighted by Gasteiger charge is 2.70. The molecule has 0 aromatic carbocycles. The van der Waals surface area contributed by atoms with E-state index in [-0.39, 0.29) is 65.1 Å². The summed E-state index contributed by atoms with van der Waals surface area (Å²) in [6.07, 6.45) is 7.38. The van der Waals surface area contributed by atoms with Crippen LogP contribution < -0.4 is 0 Å². The zero-order valence-electron chi connectivity index (χ0n) is 25.4. The molecule has 0 saturated heterocycles. The van der Waals surface area contributed by atoms with Crippen LogP contribution in [0.2, 0.25) is 0 Å². The lowest BCUT2D eigenvalue weighted by Gasteiger charge is -2.67. The predicted molar refractivity (Wildman–Crippen MR) is 150 cm³/mol. The van der Waals surface area contributed by atoms with E-state index in [1.54, 1.807) is 14.2 Å². The Bertz CT molecular complexity index is 1090. The van der Waals surface area contributed by atoms with Crippen molar-refractivity contribution in [3.63, 3.8) is 0 Å². The summed E-state index contributed by atoms with van der Waals surface area (Å²) in [5, 5.41) is 10.8. The monoisotopic (exact) mass is 542 g/mol. The van der Waals surface area contributed by atoms with Crippen molar-refractivity contribution in [1.29, 1.82) is 0 Å². The Kier molecular flexibility index (Phi) is 6.88. The van der Waals surface area contributed by atoms with Gasteiger partial charge in [0.15, 0.2) is 5.78 Å². The van der Waals surface area contributed by atoms with E-state index in [1.807, 2.05) is 6.08 Å². The Balaban J connectivity index is 1.66. The predicted octanol–water partition coefficient (Wildman–Crippen LogP) is 5.53. The number of methoxy groups -OCH3 is 3. The molecule has 0 bridgehead atoms. The molecular formula is C33H50O6. The normalized spacial score (nSPS) is 48.7. The van der Waals surface area contributed by atoms with E-state index in [1.165, 1.54) is 7.11 Å². The van der Waals surface area contributed by atoms with E-state index in [2.05, 4.69) is 41.2 Å². The number of aliphatic hydroxyl groups is 1. The SMILES string of the molecule is C=C1[C@@H](OC)[C@]2(C)C3=CC(=O)[C@@H]4[C@@H]5CC(C)(C)CC[C@]5(C(=O)OC)CC[C@@]4(C)[C@@H]3CC[C@H]2[C@@](C)(CO)[C@H]1OC. The summed E-state index contributed by atoms with van der Waals surface area (Å²) < 4.78 is 17.6. The fourth-order valence-electron chi connectivity index (χ4n) is 11.0. The molecule has 5 rings (SSSR count). The van der Waals surface area contributed by atoms with E-state index in [0.717, 1.165) is 56.1 Å². The lowest BCUT2D eigenvalue weighted by molar-refractivity contribution is -0.191. The van der Waals surface area contributed by atoms with Gasteiger partial charge in [-0.15, -0.1) is 0 Å². The second-order valence-corrected chi connectivity index (χ2v) is 15.0. The van der Waals surface area contributed by atoms with Crippen LogP contribution in [0, 0.1) is 50.7 Å². The molecule has 0 spiro atoms. The minimum atomic E-state index is -0.577. The van der Waals surface area contributed by atoms with Crippen LogP contribution in [0.3, 0.4) is 0 Å². The number of allylic oxidation sites excluding steroid dienone is 1. The molecule has 4 fully saturated rings.